The lowest BCUT2D eigenvalue weighted by atomic mass is 10.2. The minimum Gasteiger partial charge on any atom is -0.493 e. The number of nitrogens with one attached hydrogen (secondary N) is 2. The molecule has 2 rings (SSSR count). The highest BCUT2D eigenvalue weighted by Crippen LogP contribution is 2.22. The van der Waals surface area contributed by atoms with Gasteiger partial charge in [0, 0.05) is 50.4 Å². The summed E-state index contributed by atoms with van der Waals surface area (Å²) >= 11 is 1.77. The lowest BCUT2D eigenvalue weighted by molar-refractivity contribution is 0.172. The first-order valence-electron chi connectivity index (χ1n) is 9.03. The maximum absolute atomic E-state index is 5.76. The largest absolute Gasteiger partial charge is 0.493 e. The molecular formula is C20H31IN4O2S. The van der Waals surface area contributed by atoms with Gasteiger partial charge in [0.2, 0.25) is 0 Å². The maximum atomic E-state index is 5.76. The molecule has 0 bridgehead atoms. The Morgan fingerprint density at radius 2 is 2.04 bits per heavy atom. The molecule has 0 fully saturated rings. The van der Waals surface area contributed by atoms with Crippen LogP contribution in [-0.4, -0.2) is 58.9 Å². The van der Waals surface area contributed by atoms with E-state index in [0.29, 0.717) is 19.3 Å². The van der Waals surface area contributed by atoms with E-state index in [4.69, 9.17) is 9.47 Å². The first-order valence-corrected chi connectivity index (χ1v) is 9.91. The van der Waals surface area contributed by atoms with Crippen molar-refractivity contribution in [2.75, 3.05) is 53.3 Å². The molecule has 28 heavy (non-hydrogen) atoms. The van der Waals surface area contributed by atoms with Crippen molar-refractivity contribution in [2.45, 2.75) is 12.5 Å². The number of benzene rings is 1. The molecule has 8 heteroatoms. The third-order valence-corrected chi connectivity index (χ3v) is 5.01. The van der Waals surface area contributed by atoms with Crippen LogP contribution in [0.15, 0.2) is 46.8 Å². The molecule has 0 radical (unpaired) electrons. The maximum Gasteiger partial charge on any atom is 0.195 e. The van der Waals surface area contributed by atoms with E-state index in [1.54, 1.807) is 25.5 Å². The summed E-state index contributed by atoms with van der Waals surface area (Å²) in [6.07, 6.45) is 0.867. The Morgan fingerprint density at radius 3 is 2.68 bits per heavy atom. The van der Waals surface area contributed by atoms with E-state index in [0.717, 1.165) is 30.4 Å². The van der Waals surface area contributed by atoms with Gasteiger partial charge in [-0.15, -0.1) is 35.3 Å². The molecule has 1 aromatic carbocycles. The monoisotopic (exact) mass is 518 g/mol. The van der Waals surface area contributed by atoms with Crippen LogP contribution in [0.1, 0.15) is 17.3 Å². The van der Waals surface area contributed by atoms with Crippen LogP contribution in [-0.2, 0) is 4.74 Å². The van der Waals surface area contributed by atoms with Gasteiger partial charge in [0.15, 0.2) is 5.96 Å². The van der Waals surface area contributed by atoms with Crippen molar-refractivity contribution < 1.29 is 9.47 Å². The van der Waals surface area contributed by atoms with Gasteiger partial charge in [-0.3, -0.25) is 4.99 Å². The molecule has 0 saturated carbocycles. The van der Waals surface area contributed by atoms with Gasteiger partial charge in [-0.05, 0) is 37.7 Å². The van der Waals surface area contributed by atoms with E-state index in [-0.39, 0.29) is 24.0 Å². The predicted molar refractivity (Wildman–Crippen MR) is 130 cm³/mol. The standard InChI is InChI=1S/C20H30N4O2S.HI/c1-21-20(22-15-18(24(2)3)19-10-6-13-27-19)23-16-8-5-9-17(14-16)26-12-7-11-25-4;/h5-6,8-10,13-14,18H,7,11-12,15H2,1-4H3,(H2,21,22,23);1H. The van der Waals surface area contributed by atoms with Crippen molar-refractivity contribution in [3.05, 3.63) is 46.7 Å². The van der Waals surface area contributed by atoms with Crippen molar-refractivity contribution in [3.8, 4) is 5.75 Å². The molecular weight excluding hydrogens is 487 g/mol. The molecule has 0 aliphatic heterocycles. The van der Waals surface area contributed by atoms with Crippen LogP contribution < -0.4 is 15.4 Å². The summed E-state index contributed by atoms with van der Waals surface area (Å²) in [4.78, 5) is 7.87. The average Bonchev–Trinajstić information content (AvgIpc) is 3.19. The second-order valence-corrected chi connectivity index (χ2v) is 7.27. The van der Waals surface area contributed by atoms with Gasteiger partial charge in [-0.2, -0.15) is 0 Å². The molecule has 0 aliphatic rings. The molecule has 1 unspecified atom stereocenters. The summed E-state index contributed by atoms with van der Waals surface area (Å²) in [6, 6.07) is 12.4. The minimum absolute atomic E-state index is 0. The molecule has 0 aliphatic carbocycles. The van der Waals surface area contributed by atoms with Crippen molar-refractivity contribution in [3.63, 3.8) is 0 Å². The molecule has 0 spiro atoms. The van der Waals surface area contributed by atoms with Crippen LogP contribution in [0.3, 0.4) is 0 Å². The zero-order valence-corrected chi connectivity index (χ0v) is 20.1. The Hall–Kier alpha value is -1.36. The normalized spacial score (nSPS) is 12.4. The summed E-state index contributed by atoms with van der Waals surface area (Å²) in [6.45, 7) is 2.10. The fourth-order valence-corrected chi connectivity index (χ4v) is 3.51. The van der Waals surface area contributed by atoms with E-state index in [1.807, 2.05) is 24.3 Å². The van der Waals surface area contributed by atoms with E-state index in [2.05, 4.69) is 52.1 Å². The average molecular weight is 518 g/mol. The SMILES string of the molecule is CN=C(NCC(c1cccs1)N(C)C)Nc1cccc(OCCCOC)c1.I. The number of guanidine groups is 1. The quantitative estimate of drug-likeness (QED) is 0.215. The molecule has 1 atom stereocenters. The van der Waals surface area contributed by atoms with Crippen molar-refractivity contribution >= 4 is 47.0 Å². The molecule has 2 aromatic rings. The number of rotatable bonds is 10. The van der Waals surface area contributed by atoms with Crippen molar-refractivity contribution in [1.29, 1.82) is 0 Å². The highest BCUT2D eigenvalue weighted by Gasteiger charge is 2.15. The first-order chi connectivity index (χ1) is 13.1. The molecule has 2 N–H and O–H groups in total. The fourth-order valence-electron chi connectivity index (χ4n) is 2.58. The number of nitrogens with zero attached hydrogens (tertiary/aromatic N) is 2. The van der Waals surface area contributed by atoms with Crippen LogP contribution in [0.4, 0.5) is 5.69 Å². The van der Waals surface area contributed by atoms with E-state index < -0.39 is 0 Å². The third-order valence-electron chi connectivity index (χ3n) is 4.04. The number of anilines is 1. The summed E-state index contributed by atoms with van der Waals surface area (Å²) < 4.78 is 10.8. The second kappa shape index (κ2) is 13.8. The van der Waals surface area contributed by atoms with Gasteiger partial charge in [-0.25, -0.2) is 0 Å². The number of hydrogen-bond acceptors (Lipinski definition) is 5. The molecule has 0 amide bonds. The van der Waals surface area contributed by atoms with Gasteiger partial charge in [0.05, 0.1) is 12.6 Å². The number of thiophene rings is 1. The highest BCUT2D eigenvalue weighted by molar-refractivity contribution is 14.0. The Balaban J connectivity index is 0.00000392. The van der Waals surface area contributed by atoms with Crippen LogP contribution in [0, 0.1) is 0 Å². The van der Waals surface area contributed by atoms with Crippen LogP contribution in [0.25, 0.3) is 0 Å². The van der Waals surface area contributed by atoms with Crippen LogP contribution >= 0.6 is 35.3 Å². The van der Waals surface area contributed by atoms with Gasteiger partial charge < -0.3 is 25.0 Å². The minimum atomic E-state index is 0. The lowest BCUT2D eigenvalue weighted by Gasteiger charge is -2.24. The summed E-state index contributed by atoms with van der Waals surface area (Å²) in [7, 11) is 7.65. The van der Waals surface area contributed by atoms with Crippen LogP contribution in [0.2, 0.25) is 0 Å². The van der Waals surface area contributed by atoms with E-state index in [9.17, 15) is 0 Å². The Morgan fingerprint density at radius 1 is 1.21 bits per heavy atom. The number of likely N-dealkylation sites (N-methyl/N-ethyl adjacent to an activating group) is 1. The smallest absolute Gasteiger partial charge is 0.195 e. The topological polar surface area (TPSA) is 58.1 Å². The number of methoxy groups -OCH3 is 1. The van der Waals surface area contributed by atoms with Gasteiger partial charge in [0.1, 0.15) is 5.75 Å². The molecule has 6 nitrogen and oxygen atoms in total. The zero-order valence-electron chi connectivity index (χ0n) is 17.0. The van der Waals surface area contributed by atoms with E-state index in [1.165, 1.54) is 4.88 Å². The summed E-state index contributed by atoms with van der Waals surface area (Å²) in [5.41, 5.74) is 0.935. The molecule has 0 saturated heterocycles. The van der Waals surface area contributed by atoms with Crippen molar-refractivity contribution in [2.24, 2.45) is 4.99 Å². The number of ether oxygens (including phenoxy) is 2. The molecule has 1 heterocycles. The third kappa shape index (κ3) is 8.34. The highest BCUT2D eigenvalue weighted by atomic mass is 127. The van der Waals surface area contributed by atoms with Crippen molar-refractivity contribution in [1.82, 2.24) is 10.2 Å². The Kier molecular flexibility index (Phi) is 12.1. The number of aliphatic imine (C=N–C) groups is 1. The zero-order chi connectivity index (χ0) is 19.5. The van der Waals surface area contributed by atoms with Crippen LogP contribution in [0.5, 0.6) is 5.75 Å². The first kappa shape index (κ1) is 24.7. The fraction of sp³-hybridized carbons (Fsp3) is 0.450. The second-order valence-electron chi connectivity index (χ2n) is 6.30. The molecule has 156 valence electrons. The number of hydrogen-bond donors (Lipinski definition) is 2. The Bertz CT molecular complexity index is 695. The van der Waals surface area contributed by atoms with Gasteiger partial charge >= 0.3 is 0 Å². The Labute approximate surface area is 189 Å². The lowest BCUT2D eigenvalue weighted by Crippen LogP contribution is -2.37. The summed E-state index contributed by atoms with van der Waals surface area (Å²) in [5.74, 6) is 1.56. The van der Waals surface area contributed by atoms with Gasteiger partial charge in [-0.1, -0.05) is 12.1 Å². The van der Waals surface area contributed by atoms with E-state index >= 15 is 0 Å². The molecule has 1 aromatic heterocycles. The van der Waals surface area contributed by atoms with Gasteiger partial charge in [0.25, 0.3) is 0 Å². The number of halogens is 1. The summed E-state index contributed by atoms with van der Waals surface area (Å²) in [5, 5.41) is 8.85. The predicted octanol–water partition coefficient (Wildman–Crippen LogP) is 4.07.